The number of non-ortho nitro benzene ring substituents is 1. The van der Waals surface area contributed by atoms with Crippen LogP contribution in [-0.4, -0.2) is 27.8 Å². The van der Waals surface area contributed by atoms with Gasteiger partial charge < -0.3 is 0 Å². The summed E-state index contributed by atoms with van der Waals surface area (Å²) in [4.78, 5) is 10.1. The Bertz CT molecular complexity index is 906. The minimum Gasteiger partial charge on any atom is -0.258 e. The van der Waals surface area contributed by atoms with Crippen molar-refractivity contribution in [3.05, 3.63) is 46.3 Å². The monoisotopic (exact) mass is 318 g/mol. The van der Waals surface area contributed by atoms with Crippen molar-refractivity contribution in [1.29, 1.82) is 5.26 Å². The first-order valence-electron chi connectivity index (χ1n) is 6.41. The molecule has 1 heterocycles. The van der Waals surface area contributed by atoms with E-state index in [4.69, 9.17) is 5.26 Å². The topological polar surface area (TPSA) is 119 Å². The molecule has 0 atom stereocenters. The van der Waals surface area contributed by atoms with Gasteiger partial charge in [0, 0.05) is 23.3 Å². The Hall–Kier alpha value is -2.73. The predicted octanol–water partition coefficient (Wildman–Crippen LogP) is 1.67. The number of nitrogens with zero attached hydrogens (tertiary/aromatic N) is 4. The molecule has 1 aromatic carbocycles. The van der Waals surface area contributed by atoms with Crippen LogP contribution in [0, 0.1) is 21.4 Å². The third-order valence-electron chi connectivity index (χ3n) is 3.41. The van der Waals surface area contributed by atoms with E-state index in [2.05, 4.69) is 5.10 Å². The lowest BCUT2D eigenvalue weighted by atomic mass is 10.0. The molecule has 0 saturated heterocycles. The molecule has 22 heavy (non-hydrogen) atoms. The molecule has 0 unspecified atom stereocenters. The van der Waals surface area contributed by atoms with Gasteiger partial charge in [0.2, 0.25) is 0 Å². The number of nitro groups is 1. The number of nitriles is 1. The zero-order valence-electron chi connectivity index (χ0n) is 11.2. The van der Waals surface area contributed by atoms with Crippen molar-refractivity contribution in [1.82, 2.24) is 9.19 Å². The Morgan fingerprint density at radius 3 is 2.73 bits per heavy atom. The molecule has 1 saturated carbocycles. The highest BCUT2D eigenvalue weighted by molar-refractivity contribution is 7.90. The van der Waals surface area contributed by atoms with Gasteiger partial charge in [0.15, 0.2) is 0 Å². The number of hydrogen-bond acceptors (Lipinski definition) is 6. The Morgan fingerprint density at radius 2 is 2.14 bits per heavy atom. The normalized spacial score (nSPS) is 14.5. The zero-order chi connectivity index (χ0) is 15.9. The second kappa shape index (κ2) is 4.92. The summed E-state index contributed by atoms with van der Waals surface area (Å²) in [5, 5.41) is 23.3. The summed E-state index contributed by atoms with van der Waals surface area (Å²) in [5.41, 5.74) is 0.733. The van der Waals surface area contributed by atoms with Crippen LogP contribution in [0.2, 0.25) is 0 Å². The van der Waals surface area contributed by atoms with Crippen LogP contribution in [0.15, 0.2) is 30.6 Å². The fourth-order valence-corrected chi connectivity index (χ4v) is 3.57. The van der Waals surface area contributed by atoms with E-state index in [0.717, 1.165) is 10.2 Å². The minimum absolute atomic E-state index is 0.0950. The largest absolute Gasteiger partial charge is 0.270 e. The molecule has 0 amide bonds. The lowest BCUT2D eigenvalue weighted by Crippen LogP contribution is -2.17. The minimum atomic E-state index is -3.48. The van der Waals surface area contributed by atoms with Gasteiger partial charge in [-0.05, 0) is 18.9 Å². The molecular weight excluding hydrogens is 308 g/mol. The molecule has 112 valence electrons. The molecule has 0 aliphatic heterocycles. The van der Waals surface area contributed by atoms with E-state index in [0.29, 0.717) is 24.0 Å². The van der Waals surface area contributed by atoms with E-state index in [9.17, 15) is 18.5 Å². The Morgan fingerprint density at radius 1 is 1.41 bits per heavy atom. The highest BCUT2D eigenvalue weighted by atomic mass is 32.2. The first kappa shape index (κ1) is 14.2. The summed E-state index contributed by atoms with van der Waals surface area (Å²) >= 11 is 0. The third-order valence-corrected chi connectivity index (χ3v) is 5.45. The molecule has 8 nitrogen and oxygen atoms in total. The fraction of sp³-hybridized carbons (Fsp3) is 0.231. The van der Waals surface area contributed by atoms with Crippen molar-refractivity contribution < 1.29 is 13.3 Å². The van der Waals surface area contributed by atoms with Gasteiger partial charge in [0.25, 0.3) is 15.7 Å². The average molecular weight is 318 g/mol. The van der Waals surface area contributed by atoms with Crippen LogP contribution in [0.1, 0.15) is 18.4 Å². The molecule has 2 aromatic rings. The van der Waals surface area contributed by atoms with Crippen LogP contribution in [0.25, 0.3) is 11.1 Å². The molecule has 9 heteroatoms. The second-order valence-corrected chi connectivity index (χ2v) is 7.02. The smallest absolute Gasteiger partial charge is 0.258 e. The first-order valence-corrected chi connectivity index (χ1v) is 7.92. The molecule has 0 spiro atoms. The van der Waals surface area contributed by atoms with Crippen LogP contribution in [0.5, 0.6) is 0 Å². The van der Waals surface area contributed by atoms with Crippen LogP contribution in [0.4, 0.5) is 5.69 Å². The summed E-state index contributed by atoms with van der Waals surface area (Å²) in [5.74, 6) is 0. The lowest BCUT2D eigenvalue weighted by Gasteiger charge is -2.02. The Kier molecular flexibility index (Phi) is 3.18. The molecule has 3 rings (SSSR count). The molecular formula is C13H10N4O4S. The first-order chi connectivity index (χ1) is 10.4. The van der Waals surface area contributed by atoms with E-state index in [-0.39, 0.29) is 11.3 Å². The highest BCUT2D eigenvalue weighted by Crippen LogP contribution is 2.31. The number of nitro benzene ring substituents is 1. The van der Waals surface area contributed by atoms with Gasteiger partial charge in [-0.1, -0.05) is 0 Å². The van der Waals surface area contributed by atoms with Gasteiger partial charge in [-0.3, -0.25) is 10.1 Å². The van der Waals surface area contributed by atoms with Crippen LogP contribution in [-0.2, 0) is 10.0 Å². The van der Waals surface area contributed by atoms with Crippen molar-refractivity contribution >= 4 is 15.7 Å². The Balaban J connectivity index is 2.04. The molecule has 0 N–H and O–H groups in total. The number of aromatic nitrogens is 2. The zero-order valence-corrected chi connectivity index (χ0v) is 12.0. The van der Waals surface area contributed by atoms with Gasteiger partial charge in [-0.2, -0.15) is 14.4 Å². The molecule has 0 bridgehead atoms. The molecule has 0 radical (unpaired) electrons. The molecule has 1 aliphatic carbocycles. The highest BCUT2D eigenvalue weighted by Gasteiger charge is 2.37. The predicted molar refractivity (Wildman–Crippen MR) is 76.4 cm³/mol. The van der Waals surface area contributed by atoms with Gasteiger partial charge in [0.1, 0.15) is 6.07 Å². The van der Waals surface area contributed by atoms with E-state index < -0.39 is 20.2 Å². The van der Waals surface area contributed by atoms with Gasteiger partial charge in [-0.15, -0.1) is 0 Å². The van der Waals surface area contributed by atoms with Crippen molar-refractivity contribution in [3.63, 3.8) is 0 Å². The van der Waals surface area contributed by atoms with Crippen molar-refractivity contribution in [2.24, 2.45) is 0 Å². The van der Waals surface area contributed by atoms with Crippen molar-refractivity contribution in [3.8, 4) is 17.2 Å². The van der Waals surface area contributed by atoms with Crippen molar-refractivity contribution in [2.45, 2.75) is 18.1 Å². The summed E-state index contributed by atoms with van der Waals surface area (Å²) in [6.07, 6.45) is 3.91. The van der Waals surface area contributed by atoms with Crippen LogP contribution >= 0.6 is 0 Å². The van der Waals surface area contributed by atoms with Gasteiger partial charge >= 0.3 is 0 Å². The SMILES string of the molecule is N#Cc1cc([N+](=O)[O-])ccc1-c1cnn(S(=O)(=O)C2CC2)c1. The fourth-order valence-electron chi connectivity index (χ4n) is 2.09. The summed E-state index contributed by atoms with van der Waals surface area (Å²) in [6, 6.07) is 5.72. The second-order valence-electron chi connectivity index (χ2n) is 4.94. The number of benzene rings is 1. The lowest BCUT2D eigenvalue weighted by molar-refractivity contribution is -0.384. The Labute approximate surface area is 125 Å². The summed E-state index contributed by atoms with van der Waals surface area (Å²) in [6.45, 7) is 0. The van der Waals surface area contributed by atoms with Gasteiger partial charge in [0.05, 0.1) is 28.1 Å². The van der Waals surface area contributed by atoms with Crippen molar-refractivity contribution in [2.75, 3.05) is 0 Å². The molecule has 1 aliphatic rings. The van der Waals surface area contributed by atoms with E-state index in [1.807, 2.05) is 6.07 Å². The van der Waals surface area contributed by atoms with E-state index >= 15 is 0 Å². The van der Waals surface area contributed by atoms with Crippen LogP contribution < -0.4 is 0 Å². The summed E-state index contributed by atoms with van der Waals surface area (Å²) in [7, 11) is -3.48. The van der Waals surface area contributed by atoms with E-state index in [1.54, 1.807) is 0 Å². The maximum atomic E-state index is 12.1. The maximum absolute atomic E-state index is 12.1. The maximum Gasteiger partial charge on any atom is 0.270 e. The number of rotatable bonds is 4. The third kappa shape index (κ3) is 2.33. The van der Waals surface area contributed by atoms with E-state index in [1.165, 1.54) is 24.5 Å². The molecule has 1 aromatic heterocycles. The molecule has 1 fully saturated rings. The quantitative estimate of drug-likeness (QED) is 0.624. The number of hydrogen-bond donors (Lipinski definition) is 0. The average Bonchev–Trinajstić information content (AvgIpc) is 3.24. The standard InChI is InChI=1S/C13H10N4O4S/c14-6-9-5-11(17(18)19)1-4-13(9)10-7-15-16(8-10)22(20,21)12-2-3-12/h1,4-5,7-8,12H,2-3H2. The summed E-state index contributed by atoms with van der Waals surface area (Å²) < 4.78 is 25.1. The van der Waals surface area contributed by atoms with Gasteiger partial charge in [-0.25, -0.2) is 8.42 Å². The van der Waals surface area contributed by atoms with Crippen LogP contribution in [0.3, 0.4) is 0 Å².